The molecule has 4 nitrogen and oxygen atoms in total. The van der Waals surface area contributed by atoms with Crippen LogP contribution in [-0.2, 0) is 4.79 Å². The van der Waals surface area contributed by atoms with E-state index in [1.54, 1.807) is 11.8 Å². The second-order valence-electron chi connectivity index (χ2n) is 4.97. The van der Waals surface area contributed by atoms with Gasteiger partial charge in [0.05, 0.1) is 11.6 Å². The molecule has 0 bridgehead atoms. The summed E-state index contributed by atoms with van der Waals surface area (Å²) < 4.78 is 0. The van der Waals surface area contributed by atoms with Crippen LogP contribution in [0.3, 0.4) is 0 Å². The molecule has 0 atom stereocenters. The summed E-state index contributed by atoms with van der Waals surface area (Å²) in [5.74, 6) is 0.956. The number of hydrogen-bond acceptors (Lipinski definition) is 4. The van der Waals surface area contributed by atoms with E-state index in [2.05, 4.69) is 4.90 Å². The fraction of sp³-hybridized carbons (Fsp3) is 0.533. The van der Waals surface area contributed by atoms with Crippen LogP contribution in [0.5, 0.6) is 0 Å². The van der Waals surface area contributed by atoms with Crippen molar-refractivity contribution >= 4 is 29.3 Å². The average Bonchev–Trinajstić information content (AvgIpc) is 2.50. The average molecular weight is 329 g/mol. The number of piperazine rings is 1. The lowest BCUT2D eigenvalue weighted by Gasteiger charge is -2.34. The molecule has 0 aliphatic carbocycles. The number of thioether (sulfide) groups is 1. The largest absolute Gasteiger partial charge is 0.395 e. The van der Waals surface area contributed by atoms with Crippen LogP contribution in [0.4, 0.5) is 0 Å². The Balaban J connectivity index is 1.70. The molecule has 0 aromatic heterocycles. The third kappa shape index (κ3) is 5.18. The molecule has 6 heteroatoms. The molecule has 1 aliphatic heterocycles. The molecule has 0 saturated carbocycles. The van der Waals surface area contributed by atoms with Crippen molar-refractivity contribution in [2.45, 2.75) is 11.3 Å². The van der Waals surface area contributed by atoms with Gasteiger partial charge in [0.25, 0.3) is 0 Å². The highest BCUT2D eigenvalue weighted by atomic mass is 35.5. The number of nitrogens with zero attached hydrogens (tertiary/aromatic N) is 2. The van der Waals surface area contributed by atoms with E-state index in [9.17, 15) is 4.79 Å². The fourth-order valence-electron chi connectivity index (χ4n) is 2.33. The number of hydrogen-bond donors (Lipinski definition) is 1. The molecule has 116 valence electrons. The number of β-amino-alcohol motifs (C(OH)–C–C–N with tert-alkyl or cyclic N) is 1. The molecular weight excluding hydrogens is 308 g/mol. The minimum Gasteiger partial charge on any atom is -0.395 e. The molecule has 1 saturated heterocycles. The zero-order valence-electron chi connectivity index (χ0n) is 12.0. The Labute approximate surface area is 135 Å². The van der Waals surface area contributed by atoms with Crippen LogP contribution in [0.15, 0.2) is 29.2 Å². The van der Waals surface area contributed by atoms with Crippen molar-refractivity contribution in [2.75, 3.05) is 45.1 Å². The topological polar surface area (TPSA) is 43.8 Å². The maximum atomic E-state index is 12.1. The summed E-state index contributed by atoms with van der Waals surface area (Å²) in [6.07, 6.45) is 0.538. The second-order valence-corrected chi connectivity index (χ2v) is 6.52. The summed E-state index contributed by atoms with van der Waals surface area (Å²) in [7, 11) is 0. The highest BCUT2D eigenvalue weighted by Gasteiger charge is 2.20. The zero-order valence-corrected chi connectivity index (χ0v) is 13.6. The van der Waals surface area contributed by atoms with Crippen molar-refractivity contribution < 1.29 is 9.90 Å². The van der Waals surface area contributed by atoms with E-state index in [1.165, 1.54) is 0 Å². The molecule has 0 unspecified atom stereocenters. The van der Waals surface area contributed by atoms with Crippen LogP contribution in [0, 0.1) is 0 Å². The van der Waals surface area contributed by atoms with Crippen LogP contribution in [-0.4, -0.2) is 65.9 Å². The summed E-state index contributed by atoms with van der Waals surface area (Å²) in [5.41, 5.74) is 0. The van der Waals surface area contributed by atoms with Gasteiger partial charge in [-0.25, -0.2) is 0 Å². The van der Waals surface area contributed by atoms with Crippen molar-refractivity contribution in [1.29, 1.82) is 0 Å². The van der Waals surface area contributed by atoms with Crippen LogP contribution < -0.4 is 0 Å². The van der Waals surface area contributed by atoms with Crippen molar-refractivity contribution in [3.8, 4) is 0 Å². The number of halogens is 1. The summed E-state index contributed by atoms with van der Waals surface area (Å²) >= 11 is 7.72. The van der Waals surface area contributed by atoms with Crippen LogP contribution in [0.1, 0.15) is 6.42 Å². The van der Waals surface area contributed by atoms with Gasteiger partial charge in [0.15, 0.2) is 0 Å². The lowest BCUT2D eigenvalue weighted by Crippen LogP contribution is -2.49. The Kier molecular flexibility index (Phi) is 6.83. The first-order chi connectivity index (χ1) is 10.2. The minimum absolute atomic E-state index is 0.183. The van der Waals surface area contributed by atoms with E-state index >= 15 is 0 Å². The molecule has 1 aromatic rings. The van der Waals surface area contributed by atoms with E-state index in [4.69, 9.17) is 16.7 Å². The number of carbonyl (C=O) groups is 1. The Morgan fingerprint density at radius 3 is 2.62 bits per heavy atom. The van der Waals surface area contributed by atoms with Gasteiger partial charge in [-0.3, -0.25) is 9.69 Å². The summed E-state index contributed by atoms with van der Waals surface area (Å²) in [6.45, 7) is 4.10. The van der Waals surface area contributed by atoms with Gasteiger partial charge in [-0.2, -0.15) is 0 Å². The van der Waals surface area contributed by atoms with Gasteiger partial charge >= 0.3 is 0 Å². The quantitative estimate of drug-likeness (QED) is 0.811. The number of carbonyl (C=O) groups excluding carboxylic acids is 1. The highest BCUT2D eigenvalue weighted by molar-refractivity contribution is 7.99. The number of benzene rings is 1. The first-order valence-corrected chi connectivity index (χ1v) is 8.55. The predicted octanol–water partition coefficient (Wildman–Crippen LogP) is 1.96. The van der Waals surface area contributed by atoms with Gasteiger partial charge in [-0.1, -0.05) is 23.7 Å². The van der Waals surface area contributed by atoms with Crippen LogP contribution in [0.2, 0.25) is 5.02 Å². The Hall–Kier alpha value is -0.750. The number of aliphatic hydroxyl groups excluding tert-OH is 1. The normalized spacial score (nSPS) is 16.2. The van der Waals surface area contributed by atoms with Crippen LogP contribution >= 0.6 is 23.4 Å². The maximum absolute atomic E-state index is 12.1. The van der Waals surface area contributed by atoms with E-state index in [-0.39, 0.29) is 12.5 Å². The minimum atomic E-state index is 0.183. The molecule has 0 radical (unpaired) electrons. The number of amides is 1. The van der Waals surface area contributed by atoms with Gasteiger partial charge in [-0.05, 0) is 12.1 Å². The van der Waals surface area contributed by atoms with Crippen molar-refractivity contribution in [3.63, 3.8) is 0 Å². The van der Waals surface area contributed by atoms with Gasteiger partial charge in [-0.15, -0.1) is 11.8 Å². The van der Waals surface area contributed by atoms with Crippen molar-refractivity contribution in [3.05, 3.63) is 29.3 Å². The van der Waals surface area contributed by atoms with E-state index in [0.29, 0.717) is 13.0 Å². The molecule has 21 heavy (non-hydrogen) atoms. The first-order valence-electron chi connectivity index (χ1n) is 7.19. The molecule has 1 aromatic carbocycles. The number of aliphatic hydroxyl groups is 1. The smallest absolute Gasteiger partial charge is 0.223 e. The van der Waals surface area contributed by atoms with E-state index in [0.717, 1.165) is 41.8 Å². The molecular formula is C15H21ClN2O2S. The molecule has 1 fully saturated rings. The summed E-state index contributed by atoms with van der Waals surface area (Å²) in [4.78, 5) is 17.3. The summed E-state index contributed by atoms with van der Waals surface area (Å²) in [5, 5.41) is 9.65. The lowest BCUT2D eigenvalue weighted by atomic mass is 10.3. The van der Waals surface area contributed by atoms with Crippen molar-refractivity contribution in [1.82, 2.24) is 9.80 Å². The van der Waals surface area contributed by atoms with Crippen molar-refractivity contribution in [2.24, 2.45) is 0 Å². The molecule has 2 rings (SSSR count). The van der Waals surface area contributed by atoms with E-state index in [1.807, 2.05) is 29.2 Å². The predicted molar refractivity (Wildman–Crippen MR) is 86.9 cm³/mol. The SMILES string of the molecule is O=C(CCSc1ccccc1Cl)N1CCN(CCO)CC1. The third-order valence-electron chi connectivity index (χ3n) is 3.55. The first kappa shape index (κ1) is 16.6. The Bertz CT molecular complexity index is 465. The Morgan fingerprint density at radius 1 is 1.24 bits per heavy atom. The van der Waals surface area contributed by atoms with Gasteiger partial charge in [0.2, 0.25) is 5.91 Å². The lowest BCUT2D eigenvalue weighted by molar-refractivity contribution is -0.132. The fourth-order valence-corrected chi connectivity index (χ4v) is 3.51. The van der Waals surface area contributed by atoms with E-state index < -0.39 is 0 Å². The van der Waals surface area contributed by atoms with Crippen LogP contribution in [0.25, 0.3) is 0 Å². The standard InChI is InChI=1S/C15H21ClN2O2S/c16-13-3-1-2-4-14(13)21-12-5-15(20)18-8-6-17(7-9-18)10-11-19/h1-4,19H,5-12H2. The zero-order chi connectivity index (χ0) is 15.1. The van der Waals surface area contributed by atoms with Gasteiger partial charge in [0, 0.05) is 49.8 Å². The maximum Gasteiger partial charge on any atom is 0.223 e. The molecule has 1 N–H and O–H groups in total. The second kappa shape index (κ2) is 8.63. The van der Waals surface area contributed by atoms with Gasteiger partial charge in [0.1, 0.15) is 0 Å². The van der Waals surface area contributed by atoms with Gasteiger partial charge < -0.3 is 10.0 Å². The Morgan fingerprint density at radius 2 is 1.95 bits per heavy atom. The monoisotopic (exact) mass is 328 g/mol. The number of rotatable bonds is 6. The molecule has 1 heterocycles. The molecule has 1 aliphatic rings. The highest BCUT2D eigenvalue weighted by Crippen LogP contribution is 2.27. The molecule has 1 amide bonds. The molecule has 0 spiro atoms. The third-order valence-corrected chi connectivity index (χ3v) is 5.07. The summed E-state index contributed by atoms with van der Waals surface area (Å²) in [6, 6.07) is 7.71.